The molecule has 0 aliphatic heterocycles. The summed E-state index contributed by atoms with van der Waals surface area (Å²) in [4.78, 5) is 12.0. The van der Waals surface area contributed by atoms with E-state index in [4.69, 9.17) is 23.2 Å². The van der Waals surface area contributed by atoms with E-state index in [0.29, 0.717) is 21.2 Å². The molecule has 2 aromatic rings. The van der Waals surface area contributed by atoms with E-state index in [9.17, 15) is 18.5 Å². The molecule has 2 aromatic carbocycles. The molecule has 0 atom stereocenters. The summed E-state index contributed by atoms with van der Waals surface area (Å²) in [6.07, 6.45) is 1.21. The lowest BCUT2D eigenvalue weighted by Gasteiger charge is -2.05. The van der Waals surface area contributed by atoms with Crippen LogP contribution in [0.3, 0.4) is 0 Å². The van der Waals surface area contributed by atoms with Gasteiger partial charge in [0, 0.05) is 22.2 Å². The summed E-state index contributed by atoms with van der Waals surface area (Å²) in [6, 6.07) is 8.22. The number of nitro benzene ring substituents is 1. The molecule has 7 nitrogen and oxygen atoms in total. The number of hydrazone groups is 1. The zero-order valence-electron chi connectivity index (χ0n) is 12.2. The van der Waals surface area contributed by atoms with Gasteiger partial charge < -0.3 is 0 Å². The van der Waals surface area contributed by atoms with Crippen LogP contribution in [0.5, 0.6) is 0 Å². The number of hydrogen-bond acceptors (Lipinski definition) is 5. The van der Waals surface area contributed by atoms with Crippen LogP contribution in [0.2, 0.25) is 10.0 Å². The third kappa shape index (κ3) is 4.22. The zero-order chi connectivity index (χ0) is 17.9. The molecule has 10 heteroatoms. The molecule has 2 rings (SSSR count). The monoisotopic (exact) mass is 387 g/mol. The molecule has 1 N–H and O–H groups in total. The smallest absolute Gasteiger partial charge is 0.258 e. The Balaban J connectivity index is 2.24. The molecule has 24 heavy (non-hydrogen) atoms. The van der Waals surface area contributed by atoms with Gasteiger partial charge in [-0.15, -0.1) is 0 Å². The average molecular weight is 388 g/mol. The largest absolute Gasteiger partial charge is 0.276 e. The van der Waals surface area contributed by atoms with E-state index in [-0.39, 0.29) is 10.6 Å². The lowest BCUT2D eigenvalue weighted by Crippen LogP contribution is -2.18. The van der Waals surface area contributed by atoms with Gasteiger partial charge in [0.2, 0.25) is 0 Å². The van der Waals surface area contributed by atoms with Crippen molar-refractivity contribution < 1.29 is 13.3 Å². The van der Waals surface area contributed by atoms with Crippen molar-refractivity contribution in [2.45, 2.75) is 11.8 Å². The highest BCUT2D eigenvalue weighted by Gasteiger charge is 2.19. The van der Waals surface area contributed by atoms with E-state index < -0.39 is 14.9 Å². The van der Waals surface area contributed by atoms with Crippen molar-refractivity contribution in [1.82, 2.24) is 4.83 Å². The molecule has 0 saturated heterocycles. The molecular formula is C14H11Cl2N3O4S. The van der Waals surface area contributed by atoms with Gasteiger partial charge in [0.1, 0.15) is 0 Å². The predicted molar refractivity (Wildman–Crippen MR) is 92.2 cm³/mol. The van der Waals surface area contributed by atoms with Gasteiger partial charge in [-0.25, -0.2) is 4.83 Å². The van der Waals surface area contributed by atoms with Gasteiger partial charge in [-0.2, -0.15) is 13.5 Å². The van der Waals surface area contributed by atoms with Crippen LogP contribution in [0.15, 0.2) is 46.4 Å². The number of halogens is 2. The van der Waals surface area contributed by atoms with Gasteiger partial charge in [0.15, 0.2) is 0 Å². The van der Waals surface area contributed by atoms with Crippen molar-refractivity contribution in [3.05, 3.63) is 67.7 Å². The van der Waals surface area contributed by atoms with Gasteiger partial charge in [-0.3, -0.25) is 10.1 Å². The third-order valence-electron chi connectivity index (χ3n) is 3.03. The molecule has 0 amide bonds. The van der Waals surface area contributed by atoms with Crippen LogP contribution in [0.4, 0.5) is 5.69 Å². The van der Waals surface area contributed by atoms with E-state index >= 15 is 0 Å². The van der Waals surface area contributed by atoms with Gasteiger partial charge in [0.25, 0.3) is 15.7 Å². The van der Waals surface area contributed by atoms with Crippen molar-refractivity contribution in [2.24, 2.45) is 5.10 Å². The second-order valence-corrected chi connectivity index (χ2v) is 7.23. The Morgan fingerprint density at radius 3 is 2.54 bits per heavy atom. The highest BCUT2D eigenvalue weighted by atomic mass is 35.5. The normalized spacial score (nSPS) is 11.6. The Bertz CT molecular complexity index is 930. The number of benzene rings is 2. The van der Waals surface area contributed by atoms with Crippen molar-refractivity contribution >= 4 is 45.1 Å². The van der Waals surface area contributed by atoms with Gasteiger partial charge >= 0.3 is 0 Å². The number of rotatable bonds is 5. The molecule has 0 bridgehead atoms. The zero-order valence-corrected chi connectivity index (χ0v) is 14.6. The topological polar surface area (TPSA) is 102 Å². The van der Waals surface area contributed by atoms with E-state index in [2.05, 4.69) is 5.10 Å². The molecule has 0 unspecified atom stereocenters. The molecule has 0 fully saturated rings. The molecule has 126 valence electrons. The minimum Gasteiger partial charge on any atom is -0.258 e. The lowest BCUT2D eigenvalue weighted by atomic mass is 10.2. The van der Waals surface area contributed by atoms with E-state index in [1.54, 1.807) is 12.1 Å². The Hall–Kier alpha value is -2.16. The Morgan fingerprint density at radius 1 is 1.21 bits per heavy atom. The molecule has 0 aliphatic carbocycles. The quantitative estimate of drug-likeness (QED) is 0.481. The van der Waals surface area contributed by atoms with Crippen LogP contribution in [-0.2, 0) is 10.0 Å². The second-order valence-electron chi connectivity index (χ2n) is 4.72. The summed E-state index contributed by atoms with van der Waals surface area (Å²) in [5.74, 6) is 0. The van der Waals surface area contributed by atoms with E-state index in [0.717, 1.165) is 6.07 Å². The molecule has 0 aromatic heterocycles. The number of nitrogens with one attached hydrogen (secondary N) is 1. The molecular weight excluding hydrogens is 377 g/mol. The van der Waals surface area contributed by atoms with E-state index in [1.165, 1.54) is 31.3 Å². The van der Waals surface area contributed by atoms with Crippen LogP contribution < -0.4 is 4.83 Å². The third-order valence-corrected chi connectivity index (χ3v) is 4.81. The number of aryl methyl sites for hydroxylation is 1. The maximum Gasteiger partial charge on any atom is 0.276 e. The van der Waals surface area contributed by atoms with Crippen molar-refractivity contribution in [3.8, 4) is 0 Å². The number of hydrogen-bond donors (Lipinski definition) is 1. The van der Waals surface area contributed by atoms with Gasteiger partial charge in [-0.1, -0.05) is 35.3 Å². The maximum atomic E-state index is 12.1. The SMILES string of the molecule is Cc1ccc(S(=O)(=O)N/N=C/c2ccc(Cl)cc2Cl)cc1[N+](=O)[O-]. The van der Waals surface area contributed by atoms with Crippen molar-refractivity contribution in [3.63, 3.8) is 0 Å². The Kier molecular flexibility index (Phi) is 5.43. The summed E-state index contributed by atoms with van der Waals surface area (Å²) in [6.45, 7) is 1.52. The predicted octanol–water partition coefficient (Wildman–Crippen LogP) is 3.52. The van der Waals surface area contributed by atoms with Crippen LogP contribution in [0.25, 0.3) is 0 Å². The fourth-order valence-electron chi connectivity index (χ4n) is 1.78. The average Bonchev–Trinajstić information content (AvgIpc) is 2.49. The first kappa shape index (κ1) is 18.2. The fourth-order valence-corrected chi connectivity index (χ4v) is 3.05. The standard InChI is InChI=1S/C14H11Cl2N3O4S/c1-9-2-5-12(7-14(9)19(20)21)24(22,23)18-17-8-10-3-4-11(15)6-13(10)16/h2-8,18H,1H3/b17-8+. The summed E-state index contributed by atoms with van der Waals surface area (Å²) in [7, 11) is -4.05. The fraction of sp³-hybridized carbons (Fsp3) is 0.0714. The second kappa shape index (κ2) is 7.16. The van der Waals surface area contributed by atoms with Crippen LogP contribution in [-0.4, -0.2) is 19.6 Å². The van der Waals surface area contributed by atoms with Crippen LogP contribution in [0.1, 0.15) is 11.1 Å². The molecule has 0 spiro atoms. The molecule has 0 aliphatic rings. The minimum absolute atomic E-state index is 0.265. The minimum atomic E-state index is -4.05. The first-order valence-electron chi connectivity index (χ1n) is 6.45. The summed E-state index contributed by atoms with van der Waals surface area (Å²) < 4.78 is 24.3. The number of nitro groups is 1. The van der Waals surface area contributed by atoms with Crippen molar-refractivity contribution in [1.29, 1.82) is 0 Å². The Morgan fingerprint density at radius 2 is 1.92 bits per heavy atom. The summed E-state index contributed by atoms with van der Waals surface area (Å²) in [5, 5.41) is 15.3. The lowest BCUT2D eigenvalue weighted by molar-refractivity contribution is -0.385. The van der Waals surface area contributed by atoms with Crippen LogP contribution >= 0.6 is 23.2 Å². The van der Waals surface area contributed by atoms with Gasteiger partial charge in [0.05, 0.1) is 21.1 Å². The summed E-state index contributed by atoms with van der Waals surface area (Å²) in [5.41, 5.74) is 0.525. The Labute approximate surface area is 148 Å². The van der Waals surface area contributed by atoms with E-state index in [1.807, 2.05) is 4.83 Å². The first-order chi connectivity index (χ1) is 11.2. The molecule has 0 radical (unpaired) electrons. The highest BCUT2D eigenvalue weighted by molar-refractivity contribution is 7.89. The number of sulfonamides is 1. The van der Waals surface area contributed by atoms with Crippen LogP contribution in [0, 0.1) is 17.0 Å². The molecule has 0 heterocycles. The molecule has 0 saturated carbocycles. The first-order valence-corrected chi connectivity index (χ1v) is 8.69. The van der Waals surface area contributed by atoms with Gasteiger partial charge in [-0.05, 0) is 25.1 Å². The van der Waals surface area contributed by atoms with Crippen molar-refractivity contribution in [2.75, 3.05) is 0 Å². The maximum absolute atomic E-state index is 12.1. The number of nitrogens with zero attached hydrogens (tertiary/aromatic N) is 2. The summed E-state index contributed by atoms with van der Waals surface area (Å²) >= 11 is 11.7. The highest BCUT2D eigenvalue weighted by Crippen LogP contribution is 2.22.